The zero-order valence-corrected chi connectivity index (χ0v) is 15.4. The summed E-state index contributed by atoms with van der Waals surface area (Å²) in [4.78, 5) is 39.5. The summed E-state index contributed by atoms with van der Waals surface area (Å²) in [6.07, 6.45) is 1.58. The van der Waals surface area contributed by atoms with Gasteiger partial charge in [0.15, 0.2) is 0 Å². The van der Waals surface area contributed by atoms with E-state index in [1.807, 2.05) is 24.3 Å². The van der Waals surface area contributed by atoms with Crippen molar-refractivity contribution in [2.24, 2.45) is 0 Å². The van der Waals surface area contributed by atoms with E-state index >= 15 is 0 Å². The van der Waals surface area contributed by atoms with Gasteiger partial charge in [0.2, 0.25) is 11.8 Å². The van der Waals surface area contributed by atoms with E-state index in [0.717, 1.165) is 10.6 Å². The number of para-hydroxylation sites is 2. The van der Waals surface area contributed by atoms with Crippen molar-refractivity contribution in [3.05, 3.63) is 66.7 Å². The molecule has 2 N–H and O–H groups in total. The average molecular weight is 381 g/mol. The highest BCUT2D eigenvalue weighted by molar-refractivity contribution is 8.00. The predicted molar refractivity (Wildman–Crippen MR) is 107 cm³/mol. The Morgan fingerprint density at radius 2 is 1.89 bits per heavy atom. The Hall–Kier alpha value is -3.06. The molecule has 1 heterocycles. The molecule has 0 radical (unpaired) electrons. The summed E-state index contributed by atoms with van der Waals surface area (Å²) in [6.45, 7) is 3.78. The van der Waals surface area contributed by atoms with Crippen molar-refractivity contribution in [1.29, 1.82) is 0 Å². The highest BCUT2D eigenvalue weighted by Crippen LogP contribution is 2.34. The maximum absolute atomic E-state index is 12.6. The molecule has 0 saturated heterocycles. The zero-order chi connectivity index (χ0) is 19.2. The summed E-state index contributed by atoms with van der Waals surface area (Å²) < 4.78 is 0. The molecule has 2 aromatic carbocycles. The monoisotopic (exact) mass is 381 g/mol. The Bertz CT molecular complexity index is 898. The third kappa shape index (κ3) is 4.38. The van der Waals surface area contributed by atoms with Crippen molar-refractivity contribution >= 4 is 40.9 Å². The van der Waals surface area contributed by atoms with Crippen LogP contribution in [-0.4, -0.2) is 36.6 Å². The first-order chi connectivity index (χ1) is 13.1. The van der Waals surface area contributed by atoms with E-state index in [-0.39, 0.29) is 24.3 Å². The van der Waals surface area contributed by atoms with Crippen LogP contribution in [0.1, 0.15) is 10.4 Å². The molecule has 2 aromatic rings. The Balaban J connectivity index is 1.75. The van der Waals surface area contributed by atoms with Crippen LogP contribution in [0.5, 0.6) is 0 Å². The van der Waals surface area contributed by atoms with Gasteiger partial charge in [-0.05, 0) is 24.3 Å². The molecule has 0 bridgehead atoms. The smallest absolute Gasteiger partial charge is 0.253 e. The van der Waals surface area contributed by atoms with Crippen molar-refractivity contribution in [1.82, 2.24) is 5.32 Å². The number of amides is 3. The van der Waals surface area contributed by atoms with Gasteiger partial charge >= 0.3 is 0 Å². The second-order valence-electron chi connectivity index (χ2n) is 5.83. The quantitative estimate of drug-likeness (QED) is 0.754. The topological polar surface area (TPSA) is 78.5 Å². The maximum atomic E-state index is 12.6. The number of thioether (sulfide) groups is 1. The second-order valence-corrected chi connectivity index (χ2v) is 6.85. The van der Waals surface area contributed by atoms with Gasteiger partial charge in [0.05, 0.1) is 22.7 Å². The lowest BCUT2D eigenvalue weighted by Crippen LogP contribution is -2.41. The Morgan fingerprint density at radius 1 is 1.15 bits per heavy atom. The number of carbonyl (C=O) groups excluding carboxylic acids is 3. The molecule has 0 unspecified atom stereocenters. The van der Waals surface area contributed by atoms with Crippen LogP contribution in [0.15, 0.2) is 66.1 Å². The lowest BCUT2D eigenvalue weighted by Gasteiger charge is -2.28. The minimum atomic E-state index is -0.367. The summed E-state index contributed by atoms with van der Waals surface area (Å²) in [7, 11) is 0. The van der Waals surface area contributed by atoms with Gasteiger partial charge in [-0.2, -0.15) is 0 Å². The molecule has 0 spiro atoms. The van der Waals surface area contributed by atoms with E-state index in [1.54, 1.807) is 30.3 Å². The summed E-state index contributed by atoms with van der Waals surface area (Å²) in [6, 6.07) is 14.2. The molecule has 1 aliphatic rings. The number of rotatable bonds is 6. The number of nitrogens with zero attached hydrogens (tertiary/aromatic N) is 1. The Labute approximate surface area is 161 Å². The maximum Gasteiger partial charge on any atom is 0.253 e. The Morgan fingerprint density at radius 3 is 2.70 bits per heavy atom. The second kappa shape index (κ2) is 8.55. The molecule has 0 saturated carbocycles. The molecule has 3 amide bonds. The normalized spacial score (nSPS) is 12.9. The summed E-state index contributed by atoms with van der Waals surface area (Å²) in [5, 5.41) is 5.43. The minimum Gasteiger partial charge on any atom is -0.349 e. The highest BCUT2D eigenvalue weighted by atomic mass is 32.2. The summed E-state index contributed by atoms with van der Waals surface area (Å²) >= 11 is 1.46. The lowest BCUT2D eigenvalue weighted by atomic mass is 10.1. The first-order valence-corrected chi connectivity index (χ1v) is 9.39. The van der Waals surface area contributed by atoms with Crippen molar-refractivity contribution in [3.63, 3.8) is 0 Å². The molecule has 6 nitrogen and oxygen atoms in total. The van der Waals surface area contributed by atoms with Gasteiger partial charge in [-0.1, -0.05) is 30.3 Å². The molecule has 3 rings (SSSR count). The largest absolute Gasteiger partial charge is 0.349 e. The number of anilines is 2. The van der Waals surface area contributed by atoms with Gasteiger partial charge in [0, 0.05) is 11.4 Å². The van der Waals surface area contributed by atoms with Crippen molar-refractivity contribution in [2.45, 2.75) is 4.90 Å². The lowest BCUT2D eigenvalue weighted by molar-refractivity contribution is -0.120. The van der Waals surface area contributed by atoms with Crippen LogP contribution in [0.25, 0.3) is 0 Å². The summed E-state index contributed by atoms with van der Waals surface area (Å²) in [5.74, 6) is -0.494. The molecular weight excluding hydrogens is 362 g/mol. The van der Waals surface area contributed by atoms with Crippen LogP contribution in [0.3, 0.4) is 0 Å². The number of hydrogen-bond donors (Lipinski definition) is 2. The molecule has 0 fully saturated rings. The van der Waals surface area contributed by atoms with E-state index < -0.39 is 0 Å². The Kier molecular flexibility index (Phi) is 5.93. The first-order valence-electron chi connectivity index (χ1n) is 8.40. The van der Waals surface area contributed by atoms with Crippen molar-refractivity contribution in [3.8, 4) is 0 Å². The molecule has 7 heteroatoms. The average Bonchev–Trinajstić information content (AvgIpc) is 2.68. The molecule has 0 aliphatic carbocycles. The third-order valence-corrected chi connectivity index (χ3v) is 5.01. The fraction of sp³-hybridized carbons (Fsp3) is 0.150. The number of carbonyl (C=O) groups is 3. The third-order valence-electron chi connectivity index (χ3n) is 3.96. The van der Waals surface area contributed by atoms with Gasteiger partial charge in [0.1, 0.15) is 6.54 Å². The van der Waals surface area contributed by atoms with Gasteiger partial charge in [-0.15, -0.1) is 18.3 Å². The van der Waals surface area contributed by atoms with Gasteiger partial charge in [-0.3, -0.25) is 14.4 Å². The summed E-state index contributed by atoms with van der Waals surface area (Å²) in [5.41, 5.74) is 1.48. The number of fused-ring (bicyclic) bond motifs is 1. The van der Waals surface area contributed by atoms with Crippen LogP contribution in [0.2, 0.25) is 0 Å². The molecular formula is C20H19N3O3S. The van der Waals surface area contributed by atoms with Gasteiger partial charge in [0.25, 0.3) is 5.91 Å². The van der Waals surface area contributed by atoms with E-state index in [0.29, 0.717) is 23.5 Å². The van der Waals surface area contributed by atoms with Crippen LogP contribution < -0.4 is 15.5 Å². The van der Waals surface area contributed by atoms with Gasteiger partial charge < -0.3 is 15.5 Å². The fourth-order valence-electron chi connectivity index (χ4n) is 2.71. The molecule has 138 valence electrons. The number of nitrogens with one attached hydrogen (secondary N) is 2. The molecule has 0 atom stereocenters. The zero-order valence-electron chi connectivity index (χ0n) is 14.6. The van der Waals surface area contributed by atoms with Crippen LogP contribution in [0, 0.1) is 0 Å². The molecule has 27 heavy (non-hydrogen) atoms. The van der Waals surface area contributed by atoms with Crippen LogP contribution >= 0.6 is 11.8 Å². The highest BCUT2D eigenvalue weighted by Gasteiger charge is 2.26. The van der Waals surface area contributed by atoms with E-state index in [1.165, 1.54) is 16.7 Å². The van der Waals surface area contributed by atoms with E-state index in [2.05, 4.69) is 17.2 Å². The minimum absolute atomic E-state index is 0.112. The standard InChI is InChI=1S/C20H19N3O3S/c1-2-11-21-20(26)14-7-3-4-8-15(14)22-18(24)12-23-16-9-5-6-10-17(16)27-13-19(23)25/h2-10H,1,11-13H2,(H,21,26)(H,22,24). The van der Waals surface area contributed by atoms with Crippen molar-refractivity contribution < 1.29 is 14.4 Å². The van der Waals surface area contributed by atoms with Crippen LogP contribution in [0.4, 0.5) is 11.4 Å². The predicted octanol–water partition coefficient (Wildman–Crippen LogP) is 2.68. The fourth-order valence-corrected chi connectivity index (χ4v) is 3.65. The number of benzene rings is 2. The van der Waals surface area contributed by atoms with E-state index in [9.17, 15) is 14.4 Å². The first kappa shape index (κ1) is 18.7. The van der Waals surface area contributed by atoms with Gasteiger partial charge in [-0.25, -0.2) is 0 Å². The SMILES string of the molecule is C=CCNC(=O)c1ccccc1NC(=O)CN1C(=O)CSc2ccccc21. The van der Waals surface area contributed by atoms with Crippen LogP contribution in [-0.2, 0) is 9.59 Å². The van der Waals surface area contributed by atoms with Crippen molar-refractivity contribution in [2.75, 3.05) is 29.1 Å². The molecule has 1 aliphatic heterocycles. The number of hydrogen-bond acceptors (Lipinski definition) is 4. The molecule has 0 aromatic heterocycles. The van der Waals surface area contributed by atoms with E-state index in [4.69, 9.17) is 0 Å².